The van der Waals surface area contributed by atoms with Crippen LogP contribution in [-0.2, 0) is 0 Å². The molecule has 1 heterocycles. The molecule has 2 nitrogen and oxygen atoms in total. The fourth-order valence-corrected chi connectivity index (χ4v) is 0.591. The largest absolute Gasteiger partial charge is 0.462 e. The predicted octanol–water partition coefficient (Wildman–Crippen LogP) is 2.32. The number of rotatable bonds is 3. The van der Waals surface area contributed by atoms with Gasteiger partial charge in [-0.2, -0.15) is 17.6 Å². The van der Waals surface area contributed by atoms with Crippen molar-refractivity contribution in [3.63, 3.8) is 0 Å². The quantitative estimate of drug-likeness (QED) is 0.690. The van der Waals surface area contributed by atoms with E-state index < -0.39 is 18.4 Å². The van der Waals surface area contributed by atoms with Crippen LogP contribution in [0.2, 0.25) is 0 Å². The van der Waals surface area contributed by atoms with Crippen molar-refractivity contribution in [1.29, 1.82) is 0 Å². The molecule has 0 amide bonds. The van der Waals surface area contributed by atoms with Gasteiger partial charge in [0.05, 0.1) is 0 Å². The van der Waals surface area contributed by atoms with Crippen molar-refractivity contribution in [1.82, 2.24) is 4.98 Å². The number of halogens is 4. The zero-order valence-electron chi connectivity index (χ0n) is 6.25. The van der Waals surface area contributed by atoms with Crippen LogP contribution in [0, 0.1) is 0 Å². The Morgan fingerprint density at radius 3 is 2.46 bits per heavy atom. The van der Waals surface area contributed by atoms with Crippen LogP contribution >= 0.6 is 0 Å². The van der Waals surface area contributed by atoms with E-state index >= 15 is 0 Å². The molecule has 1 aromatic rings. The lowest BCUT2D eigenvalue weighted by atomic mass is 10.5. The Morgan fingerprint density at radius 2 is 2.00 bits per heavy atom. The van der Waals surface area contributed by atoms with Gasteiger partial charge in [-0.15, -0.1) is 0 Å². The first-order chi connectivity index (χ1) is 6.02. The Hall–Kier alpha value is -1.33. The third kappa shape index (κ3) is 2.57. The maximum Gasteiger partial charge on any atom is 0.462 e. The van der Waals surface area contributed by atoms with Gasteiger partial charge in [-0.3, -0.25) is 0 Å². The molecule has 13 heavy (non-hydrogen) atoms. The summed E-state index contributed by atoms with van der Waals surface area (Å²) in [7, 11) is 0. The van der Waals surface area contributed by atoms with E-state index in [1.807, 2.05) is 0 Å². The van der Waals surface area contributed by atoms with Crippen LogP contribution in [0.4, 0.5) is 17.6 Å². The summed E-state index contributed by atoms with van der Waals surface area (Å²) in [6.45, 7) is 0. The van der Waals surface area contributed by atoms with Crippen LogP contribution in [0.5, 0.6) is 5.88 Å². The molecule has 0 bridgehead atoms. The predicted molar refractivity (Wildman–Crippen MR) is 35.8 cm³/mol. The molecule has 0 unspecified atom stereocenters. The van der Waals surface area contributed by atoms with Gasteiger partial charge in [0, 0.05) is 12.3 Å². The van der Waals surface area contributed by atoms with Crippen LogP contribution in [0.3, 0.4) is 0 Å². The van der Waals surface area contributed by atoms with Crippen molar-refractivity contribution in [3.05, 3.63) is 24.4 Å². The topological polar surface area (TPSA) is 22.1 Å². The molecule has 0 spiro atoms. The molecular weight excluding hydrogens is 190 g/mol. The second kappa shape index (κ2) is 3.59. The molecule has 1 rings (SSSR count). The highest BCUT2D eigenvalue weighted by Crippen LogP contribution is 2.25. The van der Waals surface area contributed by atoms with Gasteiger partial charge in [0.25, 0.3) is 0 Å². The monoisotopic (exact) mass is 195 g/mol. The number of nitrogens with zero attached hydrogens (tertiary/aromatic N) is 1. The van der Waals surface area contributed by atoms with E-state index in [9.17, 15) is 17.6 Å². The zero-order valence-corrected chi connectivity index (χ0v) is 6.25. The average Bonchev–Trinajstić information content (AvgIpc) is 2.05. The smallest absolute Gasteiger partial charge is 0.410 e. The van der Waals surface area contributed by atoms with E-state index in [1.54, 1.807) is 0 Å². The molecule has 0 fully saturated rings. The van der Waals surface area contributed by atoms with Crippen LogP contribution in [-0.4, -0.2) is 17.5 Å². The van der Waals surface area contributed by atoms with Gasteiger partial charge in [0.1, 0.15) is 0 Å². The van der Waals surface area contributed by atoms with Gasteiger partial charge in [0.2, 0.25) is 5.88 Å². The standard InChI is InChI=1S/C7H5F4NO/c8-6(9)7(10,11)13-5-3-1-2-4-12-5/h1-4,6H. The van der Waals surface area contributed by atoms with Gasteiger partial charge in [0.15, 0.2) is 0 Å². The lowest BCUT2D eigenvalue weighted by molar-refractivity contribution is -0.254. The molecule has 0 saturated heterocycles. The van der Waals surface area contributed by atoms with Gasteiger partial charge in [-0.05, 0) is 6.07 Å². The molecule has 0 saturated carbocycles. The first-order valence-electron chi connectivity index (χ1n) is 3.28. The second-order valence-corrected chi connectivity index (χ2v) is 2.13. The highest BCUT2D eigenvalue weighted by Gasteiger charge is 2.44. The van der Waals surface area contributed by atoms with Gasteiger partial charge in [-0.1, -0.05) is 6.07 Å². The van der Waals surface area contributed by atoms with E-state index in [2.05, 4.69) is 9.72 Å². The number of hydrogen-bond donors (Lipinski definition) is 0. The number of hydrogen-bond acceptors (Lipinski definition) is 2. The van der Waals surface area contributed by atoms with Crippen LogP contribution in [0.15, 0.2) is 24.4 Å². The molecule has 72 valence electrons. The summed E-state index contributed by atoms with van der Waals surface area (Å²) in [5, 5.41) is 0. The Morgan fingerprint density at radius 1 is 1.31 bits per heavy atom. The maximum absolute atomic E-state index is 12.2. The van der Waals surface area contributed by atoms with E-state index in [0.717, 1.165) is 12.3 Å². The van der Waals surface area contributed by atoms with Crippen molar-refractivity contribution in [2.45, 2.75) is 12.5 Å². The molecule has 0 radical (unpaired) electrons. The van der Waals surface area contributed by atoms with Gasteiger partial charge >= 0.3 is 12.5 Å². The Bertz CT molecular complexity index is 264. The molecule has 6 heteroatoms. The fraction of sp³-hybridized carbons (Fsp3) is 0.286. The van der Waals surface area contributed by atoms with Gasteiger partial charge < -0.3 is 4.74 Å². The number of alkyl halides is 4. The molecule has 0 aliphatic carbocycles. The summed E-state index contributed by atoms with van der Waals surface area (Å²) in [6.07, 6.45) is -7.19. The van der Waals surface area contributed by atoms with Crippen LogP contribution in [0.25, 0.3) is 0 Å². The summed E-state index contributed by atoms with van der Waals surface area (Å²) < 4.78 is 51.3. The number of ether oxygens (including phenoxy) is 1. The summed E-state index contributed by atoms with van der Waals surface area (Å²) in [6, 6.07) is 3.87. The Balaban J connectivity index is 2.69. The first-order valence-corrected chi connectivity index (χ1v) is 3.28. The molecule has 0 aromatic carbocycles. The highest BCUT2D eigenvalue weighted by molar-refractivity contribution is 5.09. The first kappa shape index (κ1) is 9.76. The molecule has 0 aliphatic rings. The fourth-order valence-electron chi connectivity index (χ4n) is 0.591. The summed E-state index contributed by atoms with van der Waals surface area (Å²) in [4.78, 5) is 3.31. The van der Waals surface area contributed by atoms with Crippen LogP contribution in [0.1, 0.15) is 0 Å². The van der Waals surface area contributed by atoms with E-state index in [1.165, 1.54) is 12.1 Å². The summed E-state index contributed by atoms with van der Waals surface area (Å²) >= 11 is 0. The van der Waals surface area contributed by atoms with E-state index in [-0.39, 0.29) is 0 Å². The maximum atomic E-state index is 12.2. The molecule has 1 aromatic heterocycles. The lowest BCUT2D eigenvalue weighted by Crippen LogP contribution is -2.33. The minimum Gasteiger partial charge on any atom is -0.410 e. The number of aromatic nitrogens is 1. The van der Waals surface area contributed by atoms with Crippen molar-refractivity contribution in [2.24, 2.45) is 0 Å². The van der Waals surface area contributed by atoms with Crippen molar-refractivity contribution in [3.8, 4) is 5.88 Å². The molecular formula is C7H5F4NO. The van der Waals surface area contributed by atoms with Gasteiger partial charge in [-0.25, -0.2) is 4.98 Å². The highest BCUT2D eigenvalue weighted by atomic mass is 19.3. The normalized spacial score (nSPS) is 11.8. The van der Waals surface area contributed by atoms with Crippen LogP contribution < -0.4 is 4.74 Å². The minimum absolute atomic E-state index is 0.534. The summed E-state index contributed by atoms with van der Waals surface area (Å²) in [5.41, 5.74) is 0. The zero-order chi connectivity index (χ0) is 9.90. The van der Waals surface area contributed by atoms with Crippen molar-refractivity contribution >= 4 is 0 Å². The van der Waals surface area contributed by atoms with Crippen molar-refractivity contribution < 1.29 is 22.3 Å². The molecule has 0 N–H and O–H groups in total. The Kier molecular flexibility index (Phi) is 2.69. The number of pyridine rings is 1. The summed E-state index contributed by atoms with van der Waals surface area (Å²) in [5.74, 6) is -0.534. The second-order valence-electron chi connectivity index (χ2n) is 2.13. The SMILES string of the molecule is FC(F)C(F)(F)Oc1ccccn1. The minimum atomic E-state index is -4.49. The third-order valence-corrected chi connectivity index (χ3v) is 1.13. The lowest BCUT2D eigenvalue weighted by Gasteiger charge is -2.15. The third-order valence-electron chi connectivity index (χ3n) is 1.13. The van der Waals surface area contributed by atoms with E-state index in [0.29, 0.717) is 0 Å². The molecule has 0 aliphatic heterocycles. The average molecular weight is 195 g/mol. The molecule has 0 atom stereocenters. The Labute approximate surface area is 71.2 Å². The van der Waals surface area contributed by atoms with E-state index in [4.69, 9.17) is 0 Å². The van der Waals surface area contributed by atoms with Crippen molar-refractivity contribution in [2.75, 3.05) is 0 Å².